The van der Waals surface area contributed by atoms with Gasteiger partial charge in [-0.3, -0.25) is 27.8 Å². The third kappa shape index (κ3) is 60.5. The second-order valence-corrected chi connectivity index (χ2v) is 41.9. The molecule has 0 fully saturated rings. The molecular formula is C90H134N16O4Re10S4-10. The molecule has 0 aliphatic carbocycles. The van der Waals surface area contributed by atoms with Crippen LogP contribution in [0.1, 0.15) is 327 Å². The zero-order chi connectivity index (χ0) is 87.8. The largest absolute Gasteiger partial charge is 0.581 e. The molecule has 0 aliphatic rings. The first-order chi connectivity index (χ1) is 51.9. The van der Waals surface area contributed by atoms with Crippen molar-refractivity contribution in [1.29, 1.82) is 0 Å². The standard InChI is InChI=1S/2C9H14N2.2C8H13N2.4C7H10NO.4C7H10NS.10Re/c1-5-8-10-6-7(11-8)9(2,3)4;1-5-8-7(6-10-11-8)9(2,3)4;1-8(2,3)7-5-10(4)6-9-7;1-8(2,3)7-5-6-9-10(7)4;1-7(2,3)6-4-9-5-8-6;1-7(2,3)6-4-8-5-9-6;1-7(2,3)6-4-8-9-5-6;1-7(2,3)6-4-5-8-9-6;1-7(2,3)6-4-9-5-8-6;1-7(2,3)6-4-8-5-9-6;1-7(2,3)6-4-8-9-5-6;1-7(2,3)6-4-5-8-9-6;;;;;;;;;;/h2*5-6H,1H2,2-4H3,(H,10,11);2*5H,1-4H3;2*4H,1-3H3;5H,1-3H3;3*4H,1-3H3;5H,1-3H3;4H,1-3H3;;;;;;;;;;/q;;10*-1;;;;;;;;;;. The topological polar surface area (TPSA) is 249 Å². The van der Waals surface area contributed by atoms with E-state index in [-0.39, 0.29) is 269 Å². The molecule has 20 nitrogen and oxygen atoms in total. The van der Waals surface area contributed by atoms with Crippen molar-refractivity contribution in [1.82, 2.24) is 78.5 Å². The van der Waals surface area contributed by atoms with Crippen LogP contribution in [0.3, 0.4) is 0 Å². The van der Waals surface area contributed by atoms with E-state index in [1.54, 1.807) is 48.3 Å². The molecule has 0 aliphatic heterocycles. The fraction of sp³-hybridized carbons (Fsp3) is 0.556. The Morgan fingerprint density at radius 1 is 0.452 bits per heavy atom. The number of hydrogen-bond acceptors (Lipinski definition) is 20. The van der Waals surface area contributed by atoms with Gasteiger partial charge in [-0.25, -0.2) is 21.4 Å². The van der Waals surface area contributed by atoms with Crippen molar-refractivity contribution in [3.05, 3.63) is 225 Å². The Bertz CT molecular complexity index is 3870. The van der Waals surface area contributed by atoms with Gasteiger partial charge in [-0.1, -0.05) is 319 Å². The average Bonchev–Trinajstić information content (AvgIpc) is 1.70. The Labute approximate surface area is 900 Å². The number of H-pyrrole nitrogens is 2. The number of aryl methyl sites for hydroxylation is 2. The van der Waals surface area contributed by atoms with E-state index < -0.39 is 0 Å². The summed E-state index contributed by atoms with van der Waals surface area (Å²) < 4.78 is 30.7. The van der Waals surface area contributed by atoms with Gasteiger partial charge in [-0.2, -0.15) is 51.4 Å². The average molecular weight is 3490 g/mol. The SMILES string of the molecule is C=Cc1[nH]ncc1C(C)(C)C.C=Cc1ncc(C(C)(C)C)[nH]1.CC(C)(C)c1[c-]noc1.CC(C)(C)c1[c-]nsc1.CC(C)(C)c1c[c-]no1.CC(C)(C)c1c[c-]ns1.CC(C)(C)c1cn[c-]o1.CC(C)(C)c1cn[c-]s1.CC(C)(C)c1co[c-]n1.CC(C)(C)c1cs[c-]n1.Cn1[c-]nc(C(C)(C)C)c1.Cn1n[c-]cc1C(C)(C)C.[Re].[Re].[Re].[Re].[Re].[Re].[Re].[Re].[Re].[Re]. The van der Waals surface area contributed by atoms with Crippen molar-refractivity contribution in [2.24, 2.45) is 14.1 Å². The van der Waals surface area contributed by atoms with Crippen LogP contribution in [0, 0.1) is 61.1 Å². The van der Waals surface area contributed by atoms with Crippen LogP contribution in [0.2, 0.25) is 0 Å². The van der Waals surface area contributed by atoms with E-state index >= 15 is 0 Å². The molecule has 0 amide bonds. The summed E-state index contributed by atoms with van der Waals surface area (Å²) in [7, 11) is 3.87. The van der Waals surface area contributed by atoms with Crippen molar-refractivity contribution in [2.75, 3.05) is 0 Å². The predicted molar refractivity (Wildman–Crippen MR) is 471 cm³/mol. The molecule has 2 N–H and O–H groups in total. The minimum Gasteiger partial charge on any atom is -0.581 e. The number of nitrogens with one attached hydrogen (secondary N) is 2. The van der Waals surface area contributed by atoms with Crippen molar-refractivity contribution in [3.8, 4) is 0 Å². The van der Waals surface area contributed by atoms with Crippen LogP contribution in [0.25, 0.3) is 12.2 Å². The number of aromatic nitrogens is 16. The Morgan fingerprint density at radius 3 is 1.23 bits per heavy atom. The number of imidazole rings is 2. The first-order valence-corrected chi connectivity index (χ1v) is 41.0. The summed E-state index contributed by atoms with van der Waals surface area (Å²) in [5, 5.41) is 21.9. The Morgan fingerprint density at radius 2 is 1.01 bits per heavy atom. The van der Waals surface area contributed by atoms with Gasteiger partial charge in [0.15, 0.2) is 0 Å². The summed E-state index contributed by atoms with van der Waals surface area (Å²) in [4.78, 5) is 29.6. The van der Waals surface area contributed by atoms with Crippen LogP contribution in [0.5, 0.6) is 0 Å². The fourth-order valence-corrected chi connectivity index (χ4v) is 10.5. The molecule has 12 aromatic rings. The normalized spacial score (nSPS) is 10.9. The maximum atomic E-state index is 4.96. The van der Waals surface area contributed by atoms with Gasteiger partial charge >= 0.3 is 0 Å². The summed E-state index contributed by atoms with van der Waals surface area (Å²) in [6.07, 6.45) is 37.7. The molecule has 34 heteroatoms. The molecule has 10 radical (unpaired) electrons. The van der Waals surface area contributed by atoms with Crippen molar-refractivity contribution in [2.45, 2.75) is 314 Å². The van der Waals surface area contributed by atoms with E-state index in [2.05, 4.69) is 397 Å². The maximum Gasteiger partial charge on any atom is 0.129 e. The van der Waals surface area contributed by atoms with Gasteiger partial charge in [0.2, 0.25) is 0 Å². The van der Waals surface area contributed by atoms with E-state index in [0.29, 0.717) is 0 Å². The molecular weight excluding hydrogens is 3360 g/mol. The third-order valence-electron chi connectivity index (χ3n) is 15.4. The van der Waals surface area contributed by atoms with Crippen molar-refractivity contribution >= 4 is 57.9 Å². The summed E-state index contributed by atoms with van der Waals surface area (Å²) in [5.41, 5.74) is 17.5. The summed E-state index contributed by atoms with van der Waals surface area (Å²) in [5.74, 6) is 2.60. The molecule has 0 saturated carbocycles. The van der Waals surface area contributed by atoms with E-state index in [0.717, 1.165) is 51.4 Å². The molecule has 12 aromatic heterocycles. The molecule has 0 atom stereocenters. The minimum atomic E-state index is 0. The second kappa shape index (κ2) is 65.0. The quantitative estimate of drug-likeness (QED) is 0.153. The van der Waals surface area contributed by atoms with Gasteiger partial charge in [0.25, 0.3) is 0 Å². The first kappa shape index (κ1) is 143. The zero-order valence-electron chi connectivity index (χ0n) is 79.8. The van der Waals surface area contributed by atoms with E-state index in [4.69, 9.17) is 13.4 Å². The van der Waals surface area contributed by atoms with Crippen LogP contribution in [-0.4, -0.2) is 78.5 Å². The zero-order valence-corrected chi connectivity index (χ0v) is 110. The van der Waals surface area contributed by atoms with Crippen LogP contribution in [0.4, 0.5) is 0 Å². The number of oxazole rings is 2. The van der Waals surface area contributed by atoms with Crippen LogP contribution in [-0.2, 0) is 283 Å². The smallest absolute Gasteiger partial charge is 0.129 e. The molecule has 0 spiro atoms. The van der Waals surface area contributed by atoms with Crippen LogP contribution >= 0.6 is 45.7 Å². The Balaban J connectivity index is -0.000000142. The van der Waals surface area contributed by atoms with Gasteiger partial charge in [0, 0.05) is 240 Å². The van der Waals surface area contributed by atoms with Crippen molar-refractivity contribution in [3.63, 3.8) is 0 Å². The predicted octanol–water partition coefficient (Wildman–Crippen LogP) is 23.8. The molecule has 0 aromatic carbocycles. The summed E-state index contributed by atoms with van der Waals surface area (Å²) >= 11 is 6.11. The van der Waals surface area contributed by atoms with Gasteiger partial charge < -0.3 is 70.9 Å². The molecule has 0 saturated heterocycles. The monoisotopic (exact) mass is 3500 g/mol. The van der Waals surface area contributed by atoms with Gasteiger partial charge in [0.05, 0.1) is 11.9 Å². The van der Waals surface area contributed by atoms with E-state index in [1.165, 1.54) is 61.0 Å². The van der Waals surface area contributed by atoms with Crippen LogP contribution < -0.4 is 0 Å². The number of hydrogen-bond donors (Lipinski definition) is 2. The number of aromatic amines is 2. The third-order valence-corrected chi connectivity index (χ3v) is 18.8. The Kier molecular flexibility index (Phi) is 74.8. The van der Waals surface area contributed by atoms with E-state index in [9.17, 15) is 0 Å². The molecule has 12 heterocycles. The first-order valence-electron chi connectivity index (χ1n) is 37.7. The molecule has 124 heavy (non-hydrogen) atoms. The van der Waals surface area contributed by atoms with E-state index in [1.807, 2.05) is 71.0 Å². The molecule has 702 valence electrons. The number of rotatable bonds is 2. The van der Waals surface area contributed by atoms with Gasteiger partial charge in [-0.15, -0.1) is 63.4 Å². The summed E-state index contributed by atoms with van der Waals surface area (Å²) in [6, 6.07) is 5.64. The number of thiazole rings is 2. The van der Waals surface area contributed by atoms with Crippen LogP contribution in [0.15, 0.2) is 104 Å². The van der Waals surface area contributed by atoms with Gasteiger partial charge in [0.1, 0.15) is 18.6 Å². The Hall–Kier alpha value is -1.70. The van der Waals surface area contributed by atoms with Crippen molar-refractivity contribution < 1.29 is 222 Å². The van der Waals surface area contributed by atoms with Gasteiger partial charge in [-0.05, 0) is 86.8 Å². The summed E-state index contributed by atoms with van der Waals surface area (Å²) in [6.45, 7) is 84.1. The molecule has 0 bridgehead atoms. The second-order valence-electron chi connectivity index (χ2n) is 39.0. The number of nitrogens with zero attached hydrogens (tertiary/aromatic N) is 14. The molecule has 12 rings (SSSR count). The molecule has 0 unspecified atom stereocenters. The minimum absolute atomic E-state index is 0. The fourth-order valence-electron chi connectivity index (χ4n) is 7.89. The maximum absolute atomic E-state index is 4.96.